The lowest BCUT2D eigenvalue weighted by Crippen LogP contribution is -2.43. The van der Waals surface area contributed by atoms with Crippen LogP contribution in [0.2, 0.25) is 0 Å². The van der Waals surface area contributed by atoms with E-state index in [0.29, 0.717) is 66.0 Å². The maximum Gasteiger partial charge on any atom is 0.311 e. The molecule has 5 rings (SSSR count). The summed E-state index contributed by atoms with van der Waals surface area (Å²) in [6.45, 7) is 4.13. The summed E-state index contributed by atoms with van der Waals surface area (Å²) in [5.74, 6) is -0.590. The molecule has 1 aliphatic carbocycles. The van der Waals surface area contributed by atoms with Crippen LogP contribution in [0.15, 0.2) is 29.1 Å². The number of esters is 1. The molecule has 0 bridgehead atoms. The molecule has 41 heavy (non-hydrogen) atoms. The first-order valence-electron chi connectivity index (χ1n) is 14.3. The maximum absolute atomic E-state index is 13.6. The molecule has 0 spiro atoms. The topological polar surface area (TPSA) is 148 Å². The van der Waals surface area contributed by atoms with Crippen molar-refractivity contribution in [2.24, 2.45) is 0 Å². The highest BCUT2D eigenvalue weighted by Crippen LogP contribution is 2.41. The number of unbranched alkanes of at least 4 members (excludes halogenated alkanes) is 3. The van der Waals surface area contributed by atoms with E-state index in [1.165, 1.54) is 0 Å². The fraction of sp³-hybridized carbons (Fsp3) is 0.452. The summed E-state index contributed by atoms with van der Waals surface area (Å²) in [5, 5.41) is 20.6. The van der Waals surface area contributed by atoms with Crippen LogP contribution in [0.4, 0.5) is 0 Å². The lowest BCUT2D eigenvalue weighted by Gasteiger charge is -2.32. The molecule has 0 fully saturated rings. The smallest absolute Gasteiger partial charge is 0.311 e. The number of aromatic nitrogens is 2. The van der Waals surface area contributed by atoms with Gasteiger partial charge in [-0.05, 0) is 61.9 Å². The number of ketones is 1. The van der Waals surface area contributed by atoms with Crippen molar-refractivity contribution in [2.45, 2.75) is 90.2 Å². The number of aliphatic hydroxyl groups is 1. The Hall–Kier alpha value is -3.89. The summed E-state index contributed by atoms with van der Waals surface area (Å²) in [6.07, 6.45) is 4.66. The number of fused-ring (bicyclic) bond motifs is 5. The number of hydroxylamine groups is 1. The highest BCUT2D eigenvalue weighted by molar-refractivity contribution is 5.92. The Kier molecular flexibility index (Phi) is 8.06. The first-order valence-corrected chi connectivity index (χ1v) is 14.3. The number of carbonyl (C=O) groups is 3. The lowest BCUT2D eigenvalue weighted by molar-refractivity contribution is -0.140. The van der Waals surface area contributed by atoms with Crippen LogP contribution in [0.25, 0.3) is 22.3 Å². The fourth-order valence-electron chi connectivity index (χ4n) is 6.14. The van der Waals surface area contributed by atoms with Gasteiger partial charge in [-0.3, -0.25) is 24.4 Å². The summed E-state index contributed by atoms with van der Waals surface area (Å²) >= 11 is 0. The SMILES string of the molecule is CCc1c2c(nc3ccc(OC(=O)CCCCCCC(=O)NO)cc13)-c1cc3c(c(=O)n1C2)CCC(=O)[C@]3(O)CC. The molecule has 1 aliphatic heterocycles. The number of amides is 1. The molecule has 1 atom stereocenters. The van der Waals surface area contributed by atoms with E-state index in [4.69, 9.17) is 14.9 Å². The lowest BCUT2D eigenvalue weighted by atomic mass is 9.77. The Bertz CT molecular complexity index is 1610. The molecule has 0 radical (unpaired) electrons. The zero-order chi connectivity index (χ0) is 29.3. The number of ether oxygens (including phenoxy) is 1. The molecule has 1 amide bonds. The van der Waals surface area contributed by atoms with E-state index >= 15 is 0 Å². The average molecular weight is 562 g/mol. The number of hydrogen-bond donors (Lipinski definition) is 3. The van der Waals surface area contributed by atoms with Gasteiger partial charge in [-0.1, -0.05) is 26.7 Å². The van der Waals surface area contributed by atoms with Gasteiger partial charge in [-0.25, -0.2) is 10.5 Å². The highest BCUT2D eigenvalue weighted by Gasteiger charge is 2.43. The van der Waals surface area contributed by atoms with Gasteiger partial charge in [0.25, 0.3) is 5.56 Å². The van der Waals surface area contributed by atoms with Crippen LogP contribution < -0.4 is 15.8 Å². The number of carbonyl (C=O) groups excluding carboxylic acids is 3. The molecule has 0 unspecified atom stereocenters. The van der Waals surface area contributed by atoms with Crippen molar-refractivity contribution in [1.82, 2.24) is 15.0 Å². The zero-order valence-corrected chi connectivity index (χ0v) is 23.4. The minimum atomic E-state index is -1.66. The third-order valence-electron chi connectivity index (χ3n) is 8.40. The van der Waals surface area contributed by atoms with E-state index in [1.54, 1.807) is 35.2 Å². The van der Waals surface area contributed by atoms with Crippen molar-refractivity contribution in [2.75, 3.05) is 0 Å². The van der Waals surface area contributed by atoms with Crippen LogP contribution >= 0.6 is 0 Å². The van der Waals surface area contributed by atoms with Crippen LogP contribution in [0, 0.1) is 0 Å². The van der Waals surface area contributed by atoms with Crippen molar-refractivity contribution in [3.05, 3.63) is 56.9 Å². The van der Waals surface area contributed by atoms with Crippen LogP contribution in [-0.4, -0.2) is 37.5 Å². The summed E-state index contributed by atoms with van der Waals surface area (Å²) in [5.41, 5.74) is 4.57. The molecular weight excluding hydrogens is 526 g/mol. The third-order valence-corrected chi connectivity index (χ3v) is 8.40. The van der Waals surface area contributed by atoms with Crippen molar-refractivity contribution >= 4 is 28.6 Å². The first kappa shape index (κ1) is 28.6. The Morgan fingerprint density at radius 1 is 1.05 bits per heavy atom. The molecular formula is C31H35N3O7. The van der Waals surface area contributed by atoms with E-state index in [9.17, 15) is 24.3 Å². The van der Waals surface area contributed by atoms with Crippen molar-refractivity contribution in [3.63, 3.8) is 0 Å². The maximum atomic E-state index is 13.6. The summed E-state index contributed by atoms with van der Waals surface area (Å²) in [7, 11) is 0. The number of hydrogen-bond acceptors (Lipinski definition) is 8. The molecule has 3 heterocycles. The van der Waals surface area contributed by atoms with E-state index in [0.717, 1.165) is 29.4 Å². The minimum Gasteiger partial charge on any atom is -0.427 e. The molecule has 1 aromatic carbocycles. The fourth-order valence-corrected chi connectivity index (χ4v) is 6.14. The van der Waals surface area contributed by atoms with Gasteiger partial charge in [0.05, 0.1) is 23.4 Å². The van der Waals surface area contributed by atoms with Crippen molar-refractivity contribution in [1.29, 1.82) is 0 Å². The molecule has 0 saturated heterocycles. The number of benzene rings is 1. The van der Waals surface area contributed by atoms with Gasteiger partial charge < -0.3 is 14.4 Å². The number of nitrogens with zero attached hydrogens (tertiary/aromatic N) is 2. The minimum absolute atomic E-state index is 0.145. The molecule has 3 N–H and O–H groups in total. The van der Waals surface area contributed by atoms with Gasteiger partial charge in [0.15, 0.2) is 5.78 Å². The van der Waals surface area contributed by atoms with Crippen molar-refractivity contribution in [3.8, 4) is 17.1 Å². The number of nitrogens with one attached hydrogen (secondary N) is 1. The van der Waals surface area contributed by atoms with Gasteiger partial charge in [0.2, 0.25) is 5.91 Å². The van der Waals surface area contributed by atoms with E-state index in [2.05, 4.69) is 0 Å². The second-order valence-electron chi connectivity index (χ2n) is 10.8. The Balaban J connectivity index is 1.39. The number of Topliss-reactive ketones (excluding diaryl/α,β-unsaturated/α-hetero) is 1. The Labute approximate surface area is 237 Å². The third kappa shape index (κ3) is 5.17. The van der Waals surface area contributed by atoms with Crippen LogP contribution in [0.5, 0.6) is 5.75 Å². The molecule has 3 aromatic rings. The van der Waals surface area contributed by atoms with Crippen LogP contribution in [-0.2, 0) is 39.4 Å². The van der Waals surface area contributed by atoms with Crippen molar-refractivity contribution < 1.29 is 29.4 Å². The molecule has 2 aromatic heterocycles. The van der Waals surface area contributed by atoms with Gasteiger partial charge in [0, 0.05) is 41.3 Å². The molecule has 2 aliphatic rings. The number of aryl methyl sites for hydroxylation is 1. The first-order chi connectivity index (χ1) is 19.7. The highest BCUT2D eigenvalue weighted by atomic mass is 16.5. The number of rotatable bonds is 10. The number of pyridine rings is 2. The Morgan fingerprint density at radius 2 is 1.80 bits per heavy atom. The second-order valence-corrected chi connectivity index (χ2v) is 10.8. The summed E-state index contributed by atoms with van der Waals surface area (Å²) in [6, 6.07) is 7.10. The van der Waals surface area contributed by atoms with Crippen LogP contribution in [0.3, 0.4) is 0 Å². The largest absolute Gasteiger partial charge is 0.427 e. The van der Waals surface area contributed by atoms with Gasteiger partial charge in [-0.15, -0.1) is 0 Å². The van der Waals surface area contributed by atoms with Gasteiger partial charge in [-0.2, -0.15) is 0 Å². The standard InChI is InChI=1S/C31H35N3O7/c1-3-19-21-15-18(41-28(37)10-8-6-5-7-9-27(36)33-40)11-13-24(21)32-29-22(19)17-34-25(29)16-23-20(30(34)38)12-14-26(35)31(23,39)4-2/h11,13,15-16,39-40H,3-10,12,14,17H2,1-2H3,(H,33,36)/t31-/m0/s1. The van der Waals surface area contributed by atoms with E-state index < -0.39 is 11.5 Å². The van der Waals surface area contributed by atoms with Crippen LogP contribution in [0.1, 0.15) is 87.5 Å². The average Bonchev–Trinajstić information content (AvgIpc) is 3.34. The summed E-state index contributed by atoms with van der Waals surface area (Å²) in [4.78, 5) is 54.6. The quantitative estimate of drug-likeness (QED) is 0.0870. The molecule has 216 valence electrons. The summed E-state index contributed by atoms with van der Waals surface area (Å²) < 4.78 is 7.31. The van der Waals surface area contributed by atoms with E-state index in [1.807, 2.05) is 13.0 Å². The second kappa shape index (κ2) is 11.5. The predicted octanol–water partition coefficient (Wildman–Crippen LogP) is 3.85. The Morgan fingerprint density at radius 3 is 2.51 bits per heavy atom. The van der Waals surface area contributed by atoms with Gasteiger partial charge in [0.1, 0.15) is 11.4 Å². The zero-order valence-electron chi connectivity index (χ0n) is 23.4. The predicted molar refractivity (Wildman–Crippen MR) is 151 cm³/mol. The molecule has 0 saturated carbocycles. The normalized spacial score (nSPS) is 17.2. The van der Waals surface area contributed by atoms with Gasteiger partial charge >= 0.3 is 5.97 Å². The monoisotopic (exact) mass is 561 g/mol. The van der Waals surface area contributed by atoms with E-state index in [-0.39, 0.29) is 43.0 Å². The molecule has 10 heteroatoms. The molecule has 10 nitrogen and oxygen atoms in total.